The number of hydrogen-bond acceptors (Lipinski definition) is 3. The Kier molecular flexibility index (Phi) is 3.86. The number of amides is 1. The second kappa shape index (κ2) is 5.43. The Morgan fingerprint density at radius 1 is 1.20 bits per heavy atom. The second-order valence-corrected chi connectivity index (χ2v) is 5.08. The molecule has 0 spiro atoms. The third kappa shape index (κ3) is 2.86. The molecule has 4 N–H and O–H groups in total. The number of nitrogen functional groups attached to an aromatic ring is 1. The van der Waals surface area contributed by atoms with Crippen molar-refractivity contribution in [1.82, 2.24) is 0 Å². The summed E-state index contributed by atoms with van der Waals surface area (Å²) in [5.74, 6) is -0.550. The number of phenols is 1. The van der Waals surface area contributed by atoms with Crippen molar-refractivity contribution in [3.05, 3.63) is 52.0 Å². The zero-order chi connectivity index (χ0) is 14.9. The average molecular weight is 291 g/mol. The van der Waals surface area contributed by atoms with E-state index in [1.54, 1.807) is 18.2 Å². The first kappa shape index (κ1) is 14.2. The third-order valence-electron chi connectivity index (χ3n) is 3.07. The Balaban J connectivity index is 2.30. The molecule has 104 valence electrons. The normalized spacial score (nSPS) is 10.3. The van der Waals surface area contributed by atoms with E-state index in [0.717, 1.165) is 11.1 Å². The first-order valence-corrected chi connectivity index (χ1v) is 6.43. The van der Waals surface area contributed by atoms with Gasteiger partial charge in [0, 0.05) is 16.4 Å². The van der Waals surface area contributed by atoms with Crippen LogP contribution in [0.4, 0.5) is 11.4 Å². The number of anilines is 2. The van der Waals surface area contributed by atoms with Crippen LogP contribution in [0.15, 0.2) is 30.3 Å². The minimum atomic E-state index is -0.397. The molecule has 2 rings (SSSR count). The predicted octanol–water partition coefficient (Wildman–Crippen LogP) is 3.50. The van der Waals surface area contributed by atoms with Gasteiger partial charge in [0.2, 0.25) is 0 Å². The van der Waals surface area contributed by atoms with Crippen LogP contribution in [-0.2, 0) is 0 Å². The molecule has 2 aromatic carbocycles. The van der Waals surface area contributed by atoms with Gasteiger partial charge in [0.1, 0.15) is 5.75 Å². The average Bonchev–Trinajstić information content (AvgIpc) is 2.35. The molecule has 0 fully saturated rings. The Bertz CT molecular complexity index is 684. The number of hydrogen-bond donors (Lipinski definition) is 3. The molecule has 0 saturated carbocycles. The van der Waals surface area contributed by atoms with E-state index in [4.69, 9.17) is 17.3 Å². The molecule has 2 aromatic rings. The van der Waals surface area contributed by atoms with Crippen LogP contribution >= 0.6 is 11.6 Å². The first-order valence-electron chi connectivity index (χ1n) is 6.05. The summed E-state index contributed by atoms with van der Waals surface area (Å²) in [7, 11) is 0. The molecular weight excluding hydrogens is 276 g/mol. The van der Waals surface area contributed by atoms with Gasteiger partial charge in [-0.05, 0) is 55.3 Å². The van der Waals surface area contributed by atoms with E-state index in [9.17, 15) is 9.90 Å². The van der Waals surface area contributed by atoms with Crippen LogP contribution in [0.3, 0.4) is 0 Å². The Hall–Kier alpha value is -2.20. The van der Waals surface area contributed by atoms with Crippen molar-refractivity contribution in [2.24, 2.45) is 0 Å². The molecule has 0 radical (unpaired) electrons. The SMILES string of the molecule is Cc1cc(NC(=O)c2ccc(Cl)cc2O)c(C)cc1N. The first-order chi connectivity index (χ1) is 9.38. The van der Waals surface area contributed by atoms with Gasteiger partial charge in [0.15, 0.2) is 0 Å². The highest BCUT2D eigenvalue weighted by molar-refractivity contribution is 6.31. The van der Waals surface area contributed by atoms with E-state index in [0.29, 0.717) is 16.4 Å². The summed E-state index contributed by atoms with van der Waals surface area (Å²) in [6.07, 6.45) is 0. The number of phenolic OH excluding ortho intramolecular Hbond substituents is 1. The van der Waals surface area contributed by atoms with Crippen molar-refractivity contribution in [3.63, 3.8) is 0 Å². The molecule has 0 heterocycles. The van der Waals surface area contributed by atoms with Crippen LogP contribution in [0.2, 0.25) is 5.02 Å². The van der Waals surface area contributed by atoms with Crippen molar-refractivity contribution < 1.29 is 9.90 Å². The molecule has 0 aliphatic heterocycles. The minimum Gasteiger partial charge on any atom is -0.507 e. The number of carbonyl (C=O) groups excluding carboxylic acids is 1. The topological polar surface area (TPSA) is 75.3 Å². The zero-order valence-corrected chi connectivity index (χ0v) is 12.0. The fraction of sp³-hybridized carbons (Fsp3) is 0.133. The van der Waals surface area contributed by atoms with Gasteiger partial charge in [-0.3, -0.25) is 4.79 Å². The highest BCUT2D eigenvalue weighted by atomic mass is 35.5. The molecular formula is C15H15ClN2O2. The van der Waals surface area contributed by atoms with E-state index < -0.39 is 5.91 Å². The van der Waals surface area contributed by atoms with Crippen LogP contribution in [0.25, 0.3) is 0 Å². The number of benzene rings is 2. The van der Waals surface area contributed by atoms with E-state index in [1.807, 2.05) is 13.8 Å². The number of rotatable bonds is 2. The van der Waals surface area contributed by atoms with Crippen molar-refractivity contribution in [2.45, 2.75) is 13.8 Å². The second-order valence-electron chi connectivity index (χ2n) is 4.64. The lowest BCUT2D eigenvalue weighted by Gasteiger charge is -2.12. The molecule has 0 atom stereocenters. The van der Waals surface area contributed by atoms with Gasteiger partial charge in [0.05, 0.1) is 5.56 Å². The lowest BCUT2D eigenvalue weighted by Crippen LogP contribution is -2.13. The smallest absolute Gasteiger partial charge is 0.259 e. The quantitative estimate of drug-likeness (QED) is 0.741. The molecule has 0 aliphatic rings. The number of carbonyl (C=O) groups is 1. The van der Waals surface area contributed by atoms with Crippen LogP contribution < -0.4 is 11.1 Å². The van der Waals surface area contributed by atoms with E-state index >= 15 is 0 Å². The van der Waals surface area contributed by atoms with Crippen LogP contribution in [-0.4, -0.2) is 11.0 Å². The maximum absolute atomic E-state index is 12.1. The number of nitrogens with two attached hydrogens (primary N) is 1. The lowest BCUT2D eigenvalue weighted by atomic mass is 10.1. The van der Waals surface area contributed by atoms with Gasteiger partial charge in [-0.15, -0.1) is 0 Å². The number of aromatic hydroxyl groups is 1. The summed E-state index contributed by atoms with van der Waals surface area (Å²) < 4.78 is 0. The van der Waals surface area contributed by atoms with Gasteiger partial charge < -0.3 is 16.2 Å². The fourth-order valence-corrected chi connectivity index (χ4v) is 2.03. The molecule has 0 saturated heterocycles. The fourth-order valence-electron chi connectivity index (χ4n) is 1.86. The highest BCUT2D eigenvalue weighted by Gasteiger charge is 2.13. The van der Waals surface area contributed by atoms with Crippen LogP contribution in [0.1, 0.15) is 21.5 Å². The molecule has 0 aromatic heterocycles. The van der Waals surface area contributed by atoms with E-state index in [-0.39, 0.29) is 11.3 Å². The third-order valence-corrected chi connectivity index (χ3v) is 3.30. The number of nitrogens with one attached hydrogen (secondary N) is 1. The van der Waals surface area contributed by atoms with Gasteiger partial charge in [-0.2, -0.15) is 0 Å². The number of aryl methyl sites for hydroxylation is 2. The summed E-state index contributed by atoms with van der Waals surface area (Å²) in [6, 6.07) is 7.96. The standard InChI is InChI=1S/C15H15ClN2O2/c1-8-6-13(9(2)5-12(8)17)18-15(20)11-4-3-10(16)7-14(11)19/h3-7,19H,17H2,1-2H3,(H,18,20). The summed E-state index contributed by atoms with van der Waals surface area (Å²) in [5, 5.41) is 12.9. The molecule has 0 aliphatic carbocycles. The summed E-state index contributed by atoms with van der Waals surface area (Å²) >= 11 is 5.74. The van der Waals surface area contributed by atoms with Crippen molar-refractivity contribution in [2.75, 3.05) is 11.1 Å². The van der Waals surface area contributed by atoms with Crippen molar-refractivity contribution >= 4 is 28.9 Å². The molecule has 0 unspecified atom stereocenters. The molecule has 20 heavy (non-hydrogen) atoms. The summed E-state index contributed by atoms with van der Waals surface area (Å²) in [5.41, 5.74) is 9.05. The van der Waals surface area contributed by atoms with Gasteiger partial charge in [0.25, 0.3) is 5.91 Å². The largest absolute Gasteiger partial charge is 0.507 e. The Labute approximate surface area is 122 Å². The van der Waals surface area contributed by atoms with Gasteiger partial charge in [-0.25, -0.2) is 0 Å². The molecule has 0 bridgehead atoms. The lowest BCUT2D eigenvalue weighted by molar-refractivity contribution is 0.102. The summed E-state index contributed by atoms with van der Waals surface area (Å²) in [4.78, 5) is 12.1. The van der Waals surface area contributed by atoms with Crippen LogP contribution in [0.5, 0.6) is 5.75 Å². The highest BCUT2D eigenvalue weighted by Crippen LogP contribution is 2.25. The molecule has 1 amide bonds. The summed E-state index contributed by atoms with van der Waals surface area (Å²) in [6.45, 7) is 3.72. The van der Waals surface area contributed by atoms with E-state index in [1.165, 1.54) is 12.1 Å². The van der Waals surface area contributed by atoms with Crippen molar-refractivity contribution in [3.8, 4) is 5.75 Å². The van der Waals surface area contributed by atoms with Crippen molar-refractivity contribution in [1.29, 1.82) is 0 Å². The maximum Gasteiger partial charge on any atom is 0.259 e. The van der Waals surface area contributed by atoms with Gasteiger partial charge >= 0.3 is 0 Å². The maximum atomic E-state index is 12.1. The zero-order valence-electron chi connectivity index (χ0n) is 11.2. The Morgan fingerprint density at radius 3 is 2.55 bits per heavy atom. The number of halogens is 1. The minimum absolute atomic E-state index is 0.153. The van der Waals surface area contributed by atoms with Crippen LogP contribution in [0, 0.1) is 13.8 Å². The monoisotopic (exact) mass is 290 g/mol. The van der Waals surface area contributed by atoms with E-state index in [2.05, 4.69) is 5.32 Å². The predicted molar refractivity (Wildman–Crippen MR) is 81.4 cm³/mol. The molecule has 5 heteroatoms. The van der Waals surface area contributed by atoms with Gasteiger partial charge in [-0.1, -0.05) is 11.6 Å². The Morgan fingerprint density at radius 2 is 1.90 bits per heavy atom. The molecule has 4 nitrogen and oxygen atoms in total.